The molecule has 2 aliphatic heterocycles. The van der Waals surface area contributed by atoms with Crippen LogP contribution in [0.2, 0.25) is 0 Å². The van der Waals surface area contributed by atoms with Crippen molar-refractivity contribution in [2.45, 2.75) is 142 Å². The first-order valence-corrected chi connectivity index (χ1v) is 17.7. The first-order valence-electron chi connectivity index (χ1n) is 17.7. The van der Waals surface area contributed by atoms with Crippen molar-refractivity contribution in [3.63, 3.8) is 0 Å². The van der Waals surface area contributed by atoms with Gasteiger partial charge in [-0.25, -0.2) is 4.79 Å². The van der Waals surface area contributed by atoms with Gasteiger partial charge in [-0.3, -0.25) is 4.79 Å². The number of carboxylic acid groups (broad SMARTS) is 1. The van der Waals surface area contributed by atoms with E-state index in [1.54, 1.807) is 6.92 Å². The summed E-state index contributed by atoms with van der Waals surface area (Å²) in [7, 11) is 0. The Hall–Kier alpha value is -1.56. The van der Waals surface area contributed by atoms with Gasteiger partial charge in [-0.2, -0.15) is 0 Å². The maximum Gasteiger partial charge on any atom is 0.333 e. The number of hydrogen-bond donors (Lipinski definition) is 5. The van der Waals surface area contributed by atoms with Crippen molar-refractivity contribution in [2.24, 2.45) is 50.7 Å². The first-order chi connectivity index (χ1) is 21.6. The molecule has 0 aromatic carbocycles. The Morgan fingerprint density at radius 3 is 2.33 bits per heavy atom. The lowest BCUT2D eigenvalue weighted by Crippen LogP contribution is -2.63. The van der Waals surface area contributed by atoms with Gasteiger partial charge in [0, 0.05) is 12.0 Å². The highest BCUT2D eigenvalue weighted by atomic mass is 16.7. The highest BCUT2D eigenvalue weighted by molar-refractivity contribution is 5.88. The molecule has 0 radical (unpaired) electrons. The minimum atomic E-state index is -1.58. The third-order valence-electron chi connectivity index (χ3n) is 15.8. The Bertz CT molecular complexity index is 1300. The van der Waals surface area contributed by atoms with Crippen molar-refractivity contribution >= 4 is 11.9 Å². The smallest absolute Gasteiger partial charge is 0.333 e. The van der Waals surface area contributed by atoms with E-state index in [0.29, 0.717) is 23.8 Å². The first kappa shape index (κ1) is 33.0. The highest BCUT2D eigenvalue weighted by Gasteiger charge is 2.83. The lowest BCUT2D eigenvalue weighted by Gasteiger charge is -2.63. The number of aliphatic hydroxyl groups excluding tert-OH is 4. The number of aliphatic hydroxyl groups is 4. The van der Waals surface area contributed by atoms with Crippen molar-refractivity contribution < 1.29 is 49.3 Å². The van der Waals surface area contributed by atoms with Gasteiger partial charge in [0.25, 0.3) is 0 Å². The maximum atomic E-state index is 13.3. The Balaban J connectivity index is 1.13. The molecule has 2 spiro atoms. The summed E-state index contributed by atoms with van der Waals surface area (Å²) in [6.45, 7) is 10.3. The molecule has 7 aliphatic rings. The van der Waals surface area contributed by atoms with Crippen LogP contribution in [0.5, 0.6) is 0 Å². The molecule has 16 atom stereocenters. The highest BCUT2D eigenvalue weighted by Crippen LogP contribution is 2.89. The quantitative estimate of drug-likeness (QED) is 0.213. The third kappa shape index (κ3) is 4.09. The van der Waals surface area contributed by atoms with Gasteiger partial charge in [0.15, 0.2) is 6.29 Å². The van der Waals surface area contributed by atoms with E-state index in [0.717, 1.165) is 57.8 Å². The van der Waals surface area contributed by atoms with E-state index in [-0.39, 0.29) is 45.6 Å². The number of esters is 1. The molecule has 2 heterocycles. The lowest BCUT2D eigenvalue weighted by atomic mass is 9.41. The molecule has 1 saturated heterocycles. The number of cyclic esters (lactones) is 1. The third-order valence-corrected chi connectivity index (χ3v) is 15.8. The second-order valence-corrected chi connectivity index (χ2v) is 17.0. The zero-order valence-corrected chi connectivity index (χ0v) is 28.0. The van der Waals surface area contributed by atoms with Gasteiger partial charge in [-0.15, -0.1) is 0 Å². The molecule has 0 unspecified atom stereocenters. The van der Waals surface area contributed by atoms with Crippen LogP contribution >= 0.6 is 0 Å². The maximum absolute atomic E-state index is 13.3. The predicted molar refractivity (Wildman–Crippen MR) is 165 cm³/mol. The molecule has 5 aliphatic carbocycles. The van der Waals surface area contributed by atoms with E-state index in [9.17, 15) is 35.1 Å². The summed E-state index contributed by atoms with van der Waals surface area (Å²) >= 11 is 0. The van der Waals surface area contributed by atoms with Gasteiger partial charge in [-0.05, 0) is 117 Å². The van der Waals surface area contributed by atoms with Crippen LogP contribution in [0.3, 0.4) is 0 Å². The molecule has 6 fully saturated rings. The van der Waals surface area contributed by atoms with E-state index in [2.05, 4.69) is 20.8 Å². The number of carbonyl (C=O) groups excluding carboxylic acids is 1. The molecule has 0 aromatic heterocycles. The van der Waals surface area contributed by atoms with Gasteiger partial charge in [0.1, 0.15) is 30.5 Å². The van der Waals surface area contributed by atoms with Gasteiger partial charge in [0.05, 0.1) is 18.1 Å². The Morgan fingerprint density at radius 1 is 0.957 bits per heavy atom. The summed E-state index contributed by atoms with van der Waals surface area (Å²) in [4.78, 5) is 25.7. The van der Waals surface area contributed by atoms with Crippen molar-refractivity contribution in [1.29, 1.82) is 0 Å². The molecular weight excluding hydrogens is 592 g/mol. The average molecular weight is 647 g/mol. The van der Waals surface area contributed by atoms with Gasteiger partial charge < -0.3 is 39.7 Å². The van der Waals surface area contributed by atoms with Crippen LogP contribution < -0.4 is 0 Å². The van der Waals surface area contributed by atoms with Crippen LogP contribution in [0, 0.1) is 50.7 Å². The number of ether oxygens (including phenoxy) is 3. The van der Waals surface area contributed by atoms with Crippen molar-refractivity contribution in [1.82, 2.24) is 0 Å². The molecule has 5 saturated carbocycles. The molecule has 258 valence electrons. The summed E-state index contributed by atoms with van der Waals surface area (Å²) in [6.07, 6.45) is 3.43. The van der Waals surface area contributed by atoms with E-state index >= 15 is 0 Å². The summed E-state index contributed by atoms with van der Waals surface area (Å²) in [5.41, 5.74) is -0.273. The molecule has 0 aromatic rings. The Morgan fingerprint density at radius 2 is 1.65 bits per heavy atom. The van der Waals surface area contributed by atoms with E-state index in [1.165, 1.54) is 0 Å². The van der Waals surface area contributed by atoms with Crippen LogP contribution in [0.4, 0.5) is 0 Å². The standard InChI is InChI=1S/C36H54O10/c1-18-6-7-21(44-29(18)41)19(2)20-10-12-33(4)23-8-9-24-34(5,31(42)43)25(46-30-28(40)27(39)26(38)22(16-37)45-30)11-13-35(24)17-36(23,35)15-14-32(20,33)3/h6,19-28,30,37-40H,7-17H2,1-5H3,(H,42,43)/t19-,20-,21+,22-,23+,24-,25-,26+,27+,28+,30+,32+,33-,34-,35-,36+/m0/s1. The van der Waals surface area contributed by atoms with Crippen LogP contribution in [0.1, 0.15) is 98.8 Å². The Labute approximate surface area is 271 Å². The zero-order valence-electron chi connectivity index (χ0n) is 28.0. The van der Waals surface area contributed by atoms with E-state index in [4.69, 9.17) is 14.2 Å². The number of fused-ring (bicyclic) bond motifs is 2. The largest absolute Gasteiger partial charge is 0.481 e. The normalized spacial score (nSPS) is 55.2. The lowest BCUT2D eigenvalue weighted by molar-refractivity contribution is -0.326. The summed E-state index contributed by atoms with van der Waals surface area (Å²) in [6, 6.07) is 0. The summed E-state index contributed by atoms with van der Waals surface area (Å²) in [5.74, 6) is 0.0206. The van der Waals surface area contributed by atoms with Crippen LogP contribution in [0.25, 0.3) is 0 Å². The fraction of sp³-hybridized carbons (Fsp3) is 0.889. The molecular formula is C36H54O10. The van der Waals surface area contributed by atoms with Crippen LogP contribution in [-0.2, 0) is 23.8 Å². The molecule has 5 N–H and O–H groups in total. The molecule has 0 bridgehead atoms. The summed E-state index contributed by atoms with van der Waals surface area (Å²) < 4.78 is 17.9. The van der Waals surface area contributed by atoms with Gasteiger partial charge in [0.2, 0.25) is 0 Å². The number of aliphatic carboxylic acids is 1. The minimum Gasteiger partial charge on any atom is -0.481 e. The molecule has 10 nitrogen and oxygen atoms in total. The zero-order chi connectivity index (χ0) is 33.2. The predicted octanol–water partition coefficient (Wildman–Crippen LogP) is 3.57. The minimum absolute atomic E-state index is 0.0758. The van der Waals surface area contributed by atoms with Gasteiger partial charge >= 0.3 is 11.9 Å². The molecule has 10 heteroatoms. The van der Waals surface area contributed by atoms with Crippen molar-refractivity contribution in [3.05, 3.63) is 11.6 Å². The number of hydrogen-bond acceptors (Lipinski definition) is 9. The molecule has 0 amide bonds. The molecule has 7 rings (SSSR count). The molecule has 46 heavy (non-hydrogen) atoms. The van der Waals surface area contributed by atoms with Crippen LogP contribution in [-0.4, -0.2) is 87.0 Å². The van der Waals surface area contributed by atoms with Crippen molar-refractivity contribution in [2.75, 3.05) is 6.61 Å². The average Bonchev–Trinajstić information content (AvgIpc) is 3.61. The second-order valence-electron chi connectivity index (χ2n) is 17.0. The number of rotatable bonds is 6. The monoisotopic (exact) mass is 646 g/mol. The fourth-order valence-electron chi connectivity index (χ4n) is 13.0. The van der Waals surface area contributed by atoms with E-state index in [1.807, 2.05) is 13.0 Å². The number of carbonyl (C=O) groups is 2. The fourth-order valence-corrected chi connectivity index (χ4v) is 13.0. The summed E-state index contributed by atoms with van der Waals surface area (Å²) in [5, 5.41) is 51.8. The second kappa shape index (κ2) is 10.7. The number of carboxylic acids is 1. The van der Waals surface area contributed by atoms with Crippen LogP contribution in [0.15, 0.2) is 11.6 Å². The van der Waals surface area contributed by atoms with Crippen molar-refractivity contribution in [3.8, 4) is 0 Å². The SMILES string of the molecule is CC1=CC[C@H]([C@@H](C)[C@@H]2CC[C@@]3(C)[C@H]4CC[C@H]5[C@](C)(C(=O)O)[C@@H](O[C@H]6O[C@@H](CO)[C@@H](O)[C@@H](O)[C@H]6O)CC[C@]56C[C@]46CC[C@]23C)OC1=O. The topological polar surface area (TPSA) is 163 Å². The van der Waals surface area contributed by atoms with Gasteiger partial charge in [-0.1, -0.05) is 26.8 Å². The van der Waals surface area contributed by atoms with E-state index < -0.39 is 54.8 Å². The Kier molecular flexibility index (Phi) is 7.68.